The first-order chi connectivity index (χ1) is 16.2. The normalized spacial score (nSPS) is 10.9. The first-order valence-corrected chi connectivity index (χ1v) is 12.2. The highest BCUT2D eigenvalue weighted by Gasteiger charge is 2.18. The van der Waals surface area contributed by atoms with Crippen LogP contribution in [0.4, 0.5) is 0 Å². The molecule has 34 heavy (non-hydrogen) atoms. The lowest BCUT2D eigenvalue weighted by atomic mass is 9.83. The molecule has 0 aliphatic heterocycles. The fourth-order valence-electron chi connectivity index (χ4n) is 4.50. The lowest BCUT2D eigenvalue weighted by molar-refractivity contribution is 1.30. The minimum absolute atomic E-state index is 1.26. The molecule has 0 aliphatic rings. The Morgan fingerprint density at radius 3 is 0.676 bits per heavy atom. The lowest BCUT2D eigenvalue weighted by Gasteiger charge is -2.21. The average Bonchev–Trinajstić information content (AvgIpc) is 2.80. The summed E-state index contributed by atoms with van der Waals surface area (Å²) < 4.78 is 0. The standard InChI is InChI=1S/C34H36/c1-21-9-13-29(17-25(21)5)33(30-14-10-22(2)26(6)18-30)34(31-15-11-23(3)27(7)19-31)32-16-12-24(4)28(8)20-32/h9-20H,1-8H3. The molecule has 0 radical (unpaired) electrons. The molecular formula is C34H36. The molecule has 4 aromatic carbocycles. The first-order valence-electron chi connectivity index (χ1n) is 12.2. The van der Waals surface area contributed by atoms with Crippen LogP contribution < -0.4 is 0 Å². The van der Waals surface area contributed by atoms with Crippen LogP contribution in [0.2, 0.25) is 0 Å². The Morgan fingerprint density at radius 2 is 0.500 bits per heavy atom. The van der Waals surface area contributed by atoms with E-state index in [4.69, 9.17) is 0 Å². The smallest absolute Gasteiger partial charge is 0.00266 e. The summed E-state index contributed by atoms with van der Waals surface area (Å²) in [7, 11) is 0. The van der Waals surface area contributed by atoms with E-state index in [-0.39, 0.29) is 0 Å². The van der Waals surface area contributed by atoms with Crippen molar-refractivity contribution in [2.24, 2.45) is 0 Å². The number of hydrogen-bond donors (Lipinski definition) is 0. The summed E-state index contributed by atoms with van der Waals surface area (Å²) in [5, 5.41) is 0. The lowest BCUT2D eigenvalue weighted by Crippen LogP contribution is -2.01. The van der Waals surface area contributed by atoms with E-state index >= 15 is 0 Å². The van der Waals surface area contributed by atoms with E-state index < -0.39 is 0 Å². The molecule has 0 fully saturated rings. The van der Waals surface area contributed by atoms with Crippen molar-refractivity contribution in [3.8, 4) is 0 Å². The third-order valence-electron chi connectivity index (χ3n) is 7.43. The quantitative estimate of drug-likeness (QED) is 0.275. The van der Waals surface area contributed by atoms with Crippen molar-refractivity contribution in [3.05, 3.63) is 140 Å². The second kappa shape index (κ2) is 9.47. The summed E-state index contributed by atoms with van der Waals surface area (Å²) in [6.07, 6.45) is 0. The zero-order valence-corrected chi connectivity index (χ0v) is 21.9. The van der Waals surface area contributed by atoms with Crippen LogP contribution in [0, 0.1) is 55.4 Å². The van der Waals surface area contributed by atoms with Gasteiger partial charge in [0.25, 0.3) is 0 Å². The van der Waals surface area contributed by atoms with Gasteiger partial charge in [-0.2, -0.15) is 0 Å². The molecule has 0 aromatic heterocycles. The first kappa shape index (κ1) is 23.8. The minimum atomic E-state index is 1.26. The second-order valence-corrected chi connectivity index (χ2v) is 9.95. The van der Waals surface area contributed by atoms with Crippen LogP contribution in [0.15, 0.2) is 72.8 Å². The van der Waals surface area contributed by atoms with Gasteiger partial charge in [-0.15, -0.1) is 0 Å². The molecule has 0 heteroatoms. The van der Waals surface area contributed by atoms with E-state index in [2.05, 4.69) is 128 Å². The van der Waals surface area contributed by atoms with E-state index in [0.29, 0.717) is 0 Å². The highest BCUT2D eigenvalue weighted by molar-refractivity contribution is 6.05. The summed E-state index contributed by atoms with van der Waals surface area (Å²) in [5.74, 6) is 0. The highest BCUT2D eigenvalue weighted by atomic mass is 14.2. The Hall–Kier alpha value is -3.38. The molecule has 0 aliphatic carbocycles. The van der Waals surface area contributed by atoms with Gasteiger partial charge in [0.05, 0.1) is 0 Å². The maximum Gasteiger partial charge on any atom is -0.00266 e. The molecule has 0 N–H and O–H groups in total. The van der Waals surface area contributed by atoms with Crippen LogP contribution in [0.1, 0.15) is 66.8 Å². The minimum Gasteiger partial charge on any atom is -0.0584 e. The van der Waals surface area contributed by atoms with Gasteiger partial charge in [0.15, 0.2) is 0 Å². The van der Waals surface area contributed by atoms with Crippen molar-refractivity contribution in [2.45, 2.75) is 55.4 Å². The maximum atomic E-state index is 2.35. The fourth-order valence-corrected chi connectivity index (χ4v) is 4.50. The van der Waals surface area contributed by atoms with Crippen LogP contribution in [0.25, 0.3) is 11.1 Å². The maximum absolute atomic E-state index is 2.35. The zero-order valence-electron chi connectivity index (χ0n) is 21.9. The highest BCUT2D eigenvalue weighted by Crippen LogP contribution is 2.39. The van der Waals surface area contributed by atoms with Crippen LogP contribution in [0.5, 0.6) is 0 Å². The van der Waals surface area contributed by atoms with Gasteiger partial charge in [-0.1, -0.05) is 72.8 Å². The van der Waals surface area contributed by atoms with Crippen LogP contribution >= 0.6 is 0 Å². The van der Waals surface area contributed by atoms with Crippen molar-refractivity contribution < 1.29 is 0 Å². The van der Waals surface area contributed by atoms with E-state index in [1.165, 1.54) is 77.9 Å². The predicted molar refractivity (Wildman–Crippen MR) is 149 cm³/mol. The summed E-state index contributed by atoms with van der Waals surface area (Å²) in [5.41, 5.74) is 18.2. The predicted octanol–water partition coefficient (Wildman–Crippen LogP) is 9.16. The molecule has 0 heterocycles. The van der Waals surface area contributed by atoms with E-state index in [9.17, 15) is 0 Å². The summed E-state index contributed by atoms with van der Waals surface area (Å²) >= 11 is 0. The number of hydrogen-bond acceptors (Lipinski definition) is 0. The SMILES string of the molecule is Cc1ccc(C(=C(c2ccc(C)c(C)c2)c2ccc(C)c(C)c2)c2ccc(C)c(C)c2)cc1C. The van der Waals surface area contributed by atoms with Crippen LogP contribution in [-0.4, -0.2) is 0 Å². The monoisotopic (exact) mass is 444 g/mol. The van der Waals surface area contributed by atoms with E-state index in [1.807, 2.05) is 0 Å². The number of benzene rings is 4. The average molecular weight is 445 g/mol. The molecule has 0 unspecified atom stereocenters. The van der Waals surface area contributed by atoms with Crippen molar-refractivity contribution in [3.63, 3.8) is 0 Å². The van der Waals surface area contributed by atoms with Crippen LogP contribution in [0.3, 0.4) is 0 Å². The molecular weight excluding hydrogens is 408 g/mol. The summed E-state index contributed by atoms with van der Waals surface area (Å²) in [4.78, 5) is 0. The summed E-state index contributed by atoms with van der Waals surface area (Å²) in [6.45, 7) is 17.6. The third kappa shape index (κ3) is 4.64. The second-order valence-electron chi connectivity index (χ2n) is 9.95. The molecule has 0 nitrogen and oxygen atoms in total. The number of aryl methyl sites for hydroxylation is 8. The van der Waals surface area contributed by atoms with Gasteiger partial charge in [0, 0.05) is 0 Å². The topological polar surface area (TPSA) is 0 Å². The summed E-state index contributed by atoms with van der Waals surface area (Å²) in [6, 6.07) is 27.6. The molecule has 0 spiro atoms. The van der Waals surface area contributed by atoms with Gasteiger partial charge in [-0.25, -0.2) is 0 Å². The molecule has 0 amide bonds. The molecule has 0 bridgehead atoms. The molecule has 4 aromatic rings. The van der Waals surface area contributed by atoms with Gasteiger partial charge in [0.1, 0.15) is 0 Å². The fraction of sp³-hybridized carbons (Fsp3) is 0.235. The van der Waals surface area contributed by atoms with Crippen molar-refractivity contribution in [1.82, 2.24) is 0 Å². The van der Waals surface area contributed by atoms with Gasteiger partial charge >= 0.3 is 0 Å². The number of rotatable bonds is 4. The molecule has 0 saturated carbocycles. The van der Waals surface area contributed by atoms with Crippen molar-refractivity contribution in [2.75, 3.05) is 0 Å². The van der Waals surface area contributed by atoms with Crippen LogP contribution in [-0.2, 0) is 0 Å². The Labute approximate surface area is 206 Å². The van der Waals surface area contributed by atoms with Crippen molar-refractivity contribution in [1.29, 1.82) is 0 Å². The zero-order chi connectivity index (χ0) is 24.6. The molecule has 172 valence electrons. The van der Waals surface area contributed by atoms with Gasteiger partial charge < -0.3 is 0 Å². The Morgan fingerprint density at radius 1 is 0.294 bits per heavy atom. The molecule has 0 saturated heterocycles. The van der Waals surface area contributed by atoms with Crippen molar-refractivity contribution >= 4 is 11.1 Å². The van der Waals surface area contributed by atoms with Gasteiger partial charge in [-0.05, 0) is 133 Å². The largest absolute Gasteiger partial charge is 0.0584 e. The Bertz CT molecular complexity index is 1200. The Balaban J connectivity index is 2.17. The molecule has 0 atom stereocenters. The third-order valence-corrected chi connectivity index (χ3v) is 7.43. The van der Waals surface area contributed by atoms with E-state index in [0.717, 1.165) is 0 Å². The van der Waals surface area contributed by atoms with Gasteiger partial charge in [-0.3, -0.25) is 0 Å². The van der Waals surface area contributed by atoms with E-state index in [1.54, 1.807) is 0 Å². The van der Waals surface area contributed by atoms with Gasteiger partial charge in [0.2, 0.25) is 0 Å². The molecule has 4 rings (SSSR count). The Kier molecular flexibility index (Phi) is 6.62.